The van der Waals surface area contributed by atoms with Crippen LogP contribution in [0.25, 0.3) is 10.8 Å². The van der Waals surface area contributed by atoms with Gasteiger partial charge in [0.05, 0.1) is 0 Å². The Kier molecular flexibility index (Phi) is 3.34. The highest BCUT2D eigenvalue weighted by molar-refractivity contribution is 6.09. The van der Waals surface area contributed by atoms with Gasteiger partial charge in [0.25, 0.3) is 0 Å². The van der Waals surface area contributed by atoms with Gasteiger partial charge in [0, 0.05) is 11.5 Å². The van der Waals surface area contributed by atoms with E-state index in [1.54, 1.807) is 0 Å². The Balaban J connectivity index is 1.93. The minimum atomic E-state index is 0.196. The van der Waals surface area contributed by atoms with Gasteiger partial charge in [-0.2, -0.15) is 0 Å². The summed E-state index contributed by atoms with van der Waals surface area (Å²) in [4.78, 5) is 15.0. The smallest absolute Gasteiger partial charge is 0.166 e. The molecule has 1 fully saturated rings. The summed E-state index contributed by atoms with van der Waals surface area (Å²) in [7, 11) is 2.12. The van der Waals surface area contributed by atoms with Crippen LogP contribution in [0.4, 0.5) is 0 Å². The third kappa shape index (κ3) is 2.41. The number of hydrogen-bond donors (Lipinski definition) is 0. The first-order valence-corrected chi connectivity index (χ1v) is 6.96. The van der Waals surface area contributed by atoms with E-state index in [0.717, 1.165) is 42.3 Å². The van der Waals surface area contributed by atoms with Crippen molar-refractivity contribution in [3.63, 3.8) is 0 Å². The van der Waals surface area contributed by atoms with E-state index in [-0.39, 0.29) is 5.92 Å². The molecule has 2 nitrogen and oxygen atoms in total. The standard InChI is InChI=1S/C17H19NO/c1-18-11-9-14(10-12-18)17(19)16-8-4-6-13-5-2-3-7-15(13)16/h2-8,14H,9-12H2,1H3. The Labute approximate surface area is 114 Å². The Hall–Kier alpha value is -1.67. The summed E-state index contributed by atoms with van der Waals surface area (Å²) < 4.78 is 0. The highest BCUT2D eigenvalue weighted by atomic mass is 16.1. The molecule has 1 aliphatic heterocycles. The molecular weight excluding hydrogens is 234 g/mol. The van der Waals surface area contributed by atoms with Crippen LogP contribution in [0.5, 0.6) is 0 Å². The van der Waals surface area contributed by atoms with Gasteiger partial charge in [-0.1, -0.05) is 42.5 Å². The Bertz CT molecular complexity index is 592. The summed E-state index contributed by atoms with van der Waals surface area (Å²) >= 11 is 0. The second-order valence-corrected chi connectivity index (χ2v) is 5.47. The van der Waals surface area contributed by atoms with Crippen molar-refractivity contribution in [1.29, 1.82) is 0 Å². The van der Waals surface area contributed by atoms with Gasteiger partial charge >= 0.3 is 0 Å². The molecule has 0 aromatic heterocycles. The van der Waals surface area contributed by atoms with E-state index in [9.17, 15) is 4.79 Å². The summed E-state index contributed by atoms with van der Waals surface area (Å²) in [6.45, 7) is 2.06. The maximum atomic E-state index is 12.7. The summed E-state index contributed by atoms with van der Waals surface area (Å²) in [5.74, 6) is 0.520. The SMILES string of the molecule is CN1CCC(C(=O)c2cccc3ccccc23)CC1. The highest BCUT2D eigenvalue weighted by Crippen LogP contribution is 2.25. The lowest BCUT2D eigenvalue weighted by Gasteiger charge is -2.28. The molecule has 19 heavy (non-hydrogen) atoms. The number of benzene rings is 2. The van der Waals surface area contributed by atoms with E-state index in [4.69, 9.17) is 0 Å². The van der Waals surface area contributed by atoms with Crippen LogP contribution in [-0.2, 0) is 0 Å². The number of ketones is 1. The van der Waals surface area contributed by atoms with Gasteiger partial charge in [0.15, 0.2) is 5.78 Å². The van der Waals surface area contributed by atoms with E-state index in [1.807, 2.05) is 24.3 Å². The number of Topliss-reactive ketones (excluding diaryl/α,β-unsaturated/α-hetero) is 1. The van der Waals surface area contributed by atoms with Crippen molar-refractivity contribution in [1.82, 2.24) is 4.90 Å². The van der Waals surface area contributed by atoms with Crippen molar-refractivity contribution in [2.75, 3.05) is 20.1 Å². The maximum Gasteiger partial charge on any atom is 0.166 e. The molecule has 1 aliphatic rings. The quantitative estimate of drug-likeness (QED) is 0.765. The molecule has 0 radical (unpaired) electrons. The lowest BCUT2D eigenvalue weighted by atomic mass is 9.87. The van der Waals surface area contributed by atoms with Crippen LogP contribution >= 0.6 is 0 Å². The molecule has 0 bridgehead atoms. The monoisotopic (exact) mass is 253 g/mol. The molecule has 0 N–H and O–H groups in total. The van der Waals surface area contributed by atoms with Crippen molar-refractivity contribution in [2.24, 2.45) is 5.92 Å². The molecule has 0 amide bonds. The number of rotatable bonds is 2. The number of likely N-dealkylation sites (tertiary alicyclic amines) is 1. The number of piperidine rings is 1. The first-order chi connectivity index (χ1) is 9.25. The van der Waals surface area contributed by atoms with E-state index in [0.29, 0.717) is 5.78 Å². The van der Waals surface area contributed by atoms with Crippen LogP contribution < -0.4 is 0 Å². The van der Waals surface area contributed by atoms with Gasteiger partial charge < -0.3 is 4.90 Å². The van der Waals surface area contributed by atoms with E-state index in [2.05, 4.69) is 30.1 Å². The molecule has 1 heterocycles. The molecule has 2 aromatic carbocycles. The van der Waals surface area contributed by atoms with Crippen LogP contribution in [0.1, 0.15) is 23.2 Å². The van der Waals surface area contributed by atoms with Crippen molar-refractivity contribution in [3.8, 4) is 0 Å². The molecule has 0 spiro atoms. The average Bonchev–Trinajstić information content (AvgIpc) is 2.47. The molecule has 2 aromatic rings. The van der Waals surface area contributed by atoms with E-state index in [1.165, 1.54) is 0 Å². The molecular formula is C17H19NO. The molecule has 3 rings (SSSR count). The Morgan fingerprint density at radius 3 is 2.53 bits per heavy atom. The third-order valence-electron chi connectivity index (χ3n) is 4.14. The molecule has 0 unspecified atom stereocenters. The fourth-order valence-corrected chi connectivity index (χ4v) is 2.93. The zero-order chi connectivity index (χ0) is 13.2. The molecule has 1 saturated heterocycles. The number of carbonyl (C=O) groups is 1. The van der Waals surface area contributed by atoms with Gasteiger partial charge in [-0.05, 0) is 43.8 Å². The fourth-order valence-electron chi connectivity index (χ4n) is 2.93. The summed E-state index contributed by atoms with van der Waals surface area (Å²) in [5, 5.41) is 2.25. The van der Waals surface area contributed by atoms with E-state index >= 15 is 0 Å². The molecule has 0 saturated carbocycles. The zero-order valence-corrected chi connectivity index (χ0v) is 11.3. The zero-order valence-electron chi connectivity index (χ0n) is 11.3. The number of carbonyl (C=O) groups excluding carboxylic acids is 1. The Morgan fingerprint density at radius 2 is 1.74 bits per heavy atom. The molecule has 0 atom stereocenters. The summed E-state index contributed by atoms with van der Waals surface area (Å²) in [5.41, 5.74) is 0.896. The lowest BCUT2D eigenvalue weighted by molar-refractivity contribution is 0.0858. The van der Waals surface area contributed by atoms with Gasteiger partial charge in [-0.15, -0.1) is 0 Å². The van der Waals surface area contributed by atoms with Gasteiger partial charge in [0.2, 0.25) is 0 Å². The van der Waals surface area contributed by atoms with Crippen LogP contribution in [0, 0.1) is 5.92 Å². The number of fused-ring (bicyclic) bond motifs is 1. The fraction of sp³-hybridized carbons (Fsp3) is 0.353. The number of hydrogen-bond acceptors (Lipinski definition) is 2. The van der Waals surface area contributed by atoms with Gasteiger partial charge in [-0.25, -0.2) is 0 Å². The average molecular weight is 253 g/mol. The molecule has 2 heteroatoms. The maximum absolute atomic E-state index is 12.7. The summed E-state index contributed by atoms with van der Waals surface area (Å²) in [6.07, 6.45) is 1.97. The minimum Gasteiger partial charge on any atom is -0.306 e. The predicted octanol–water partition coefficient (Wildman–Crippen LogP) is 3.36. The summed E-state index contributed by atoms with van der Waals surface area (Å²) in [6, 6.07) is 14.2. The van der Waals surface area contributed by atoms with E-state index < -0.39 is 0 Å². The van der Waals surface area contributed by atoms with Crippen LogP contribution in [0.3, 0.4) is 0 Å². The highest BCUT2D eigenvalue weighted by Gasteiger charge is 2.25. The molecule has 98 valence electrons. The topological polar surface area (TPSA) is 20.3 Å². The van der Waals surface area contributed by atoms with Crippen LogP contribution in [-0.4, -0.2) is 30.8 Å². The van der Waals surface area contributed by atoms with Crippen molar-refractivity contribution < 1.29 is 4.79 Å². The minimum absolute atomic E-state index is 0.196. The second kappa shape index (κ2) is 5.14. The molecule has 0 aliphatic carbocycles. The largest absolute Gasteiger partial charge is 0.306 e. The first-order valence-electron chi connectivity index (χ1n) is 6.96. The third-order valence-corrected chi connectivity index (χ3v) is 4.14. The van der Waals surface area contributed by atoms with Crippen molar-refractivity contribution in [3.05, 3.63) is 48.0 Å². The number of nitrogens with zero attached hydrogens (tertiary/aromatic N) is 1. The van der Waals surface area contributed by atoms with Gasteiger partial charge in [-0.3, -0.25) is 4.79 Å². The second-order valence-electron chi connectivity index (χ2n) is 5.47. The van der Waals surface area contributed by atoms with Gasteiger partial charge in [0.1, 0.15) is 0 Å². The van der Waals surface area contributed by atoms with Crippen molar-refractivity contribution >= 4 is 16.6 Å². The van der Waals surface area contributed by atoms with Crippen molar-refractivity contribution in [2.45, 2.75) is 12.8 Å². The first kappa shape index (κ1) is 12.4. The van der Waals surface area contributed by atoms with Crippen LogP contribution in [0.15, 0.2) is 42.5 Å². The Morgan fingerprint density at radius 1 is 1.05 bits per heavy atom. The van der Waals surface area contributed by atoms with Crippen LogP contribution in [0.2, 0.25) is 0 Å². The predicted molar refractivity (Wildman–Crippen MR) is 78.5 cm³/mol. The lowest BCUT2D eigenvalue weighted by Crippen LogP contribution is -2.33. The normalized spacial score (nSPS) is 17.7.